The maximum atomic E-state index is 12.3. The molecule has 4 N–H and O–H groups in total. The molecule has 2 heterocycles. The highest BCUT2D eigenvalue weighted by Gasteiger charge is 2.27. The molecule has 138 valence electrons. The van der Waals surface area contributed by atoms with Gasteiger partial charge in [0.15, 0.2) is 5.69 Å². The fourth-order valence-corrected chi connectivity index (χ4v) is 3.09. The predicted molar refractivity (Wildman–Crippen MR) is 91.3 cm³/mol. The molecular formula is C14H15N5O6S. The third-order valence-corrected chi connectivity index (χ3v) is 4.36. The van der Waals surface area contributed by atoms with E-state index in [1.54, 1.807) is 13.8 Å². The minimum Gasteiger partial charge on any atom is -0.459 e. The number of carbonyl (C=O) groups is 3. The van der Waals surface area contributed by atoms with Gasteiger partial charge in [0.25, 0.3) is 11.8 Å². The van der Waals surface area contributed by atoms with E-state index in [0.717, 1.165) is 17.4 Å². The Hall–Kier alpha value is -3.28. The second-order valence-electron chi connectivity index (χ2n) is 5.43. The second-order valence-corrected chi connectivity index (χ2v) is 6.45. The summed E-state index contributed by atoms with van der Waals surface area (Å²) in [5.41, 5.74) is 5.30. The highest BCUT2D eigenvalue weighted by Crippen LogP contribution is 2.34. The van der Waals surface area contributed by atoms with Gasteiger partial charge < -0.3 is 25.9 Å². The molecule has 0 saturated carbocycles. The molecule has 2 rings (SSSR count). The van der Waals surface area contributed by atoms with Crippen LogP contribution in [0.25, 0.3) is 0 Å². The Morgan fingerprint density at radius 1 is 1.42 bits per heavy atom. The summed E-state index contributed by atoms with van der Waals surface area (Å²) < 4.78 is 5.13. The van der Waals surface area contributed by atoms with Crippen molar-refractivity contribution in [1.29, 1.82) is 0 Å². The first kappa shape index (κ1) is 19.1. The zero-order chi connectivity index (χ0) is 19.6. The van der Waals surface area contributed by atoms with Gasteiger partial charge in [-0.3, -0.25) is 9.59 Å². The van der Waals surface area contributed by atoms with Crippen LogP contribution in [0.5, 0.6) is 0 Å². The average molecular weight is 381 g/mol. The number of hydrogen-bond donors (Lipinski definition) is 3. The number of carbonyl (C=O) groups excluding carboxylic acids is 3. The Kier molecular flexibility index (Phi) is 5.35. The van der Waals surface area contributed by atoms with Crippen molar-refractivity contribution < 1.29 is 24.0 Å². The van der Waals surface area contributed by atoms with E-state index in [-0.39, 0.29) is 26.7 Å². The first-order valence-corrected chi connectivity index (χ1v) is 8.08. The maximum absolute atomic E-state index is 12.3. The molecule has 0 aromatic carbocycles. The summed E-state index contributed by atoms with van der Waals surface area (Å²) in [5, 5.41) is 18.7. The Morgan fingerprint density at radius 2 is 2.08 bits per heavy atom. The van der Waals surface area contributed by atoms with Crippen molar-refractivity contribution >= 4 is 39.9 Å². The lowest BCUT2D eigenvalue weighted by Gasteiger charge is -2.09. The molecule has 26 heavy (non-hydrogen) atoms. The third kappa shape index (κ3) is 3.85. The highest BCUT2D eigenvalue weighted by molar-refractivity contribution is 7.18. The lowest BCUT2D eigenvalue weighted by molar-refractivity contribution is -0.389. The molecule has 0 aliphatic rings. The summed E-state index contributed by atoms with van der Waals surface area (Å²) in [7, 11) is 0. The van der Waals surface area contributed by atoms with Gasteiger partial charge in [0.05, 0.1) is 22.6 Å². The number of anilines is 1. The highest BCUT2D eigenvalue weighted by atomic mass is 32.1. The Labute approximate surface area is 150 Å². The largest absolute Gasteiger partial charge is 0.459 e. The van der Waals surface area contributed by atoms with Crippen molar-refractivity contribution in [3.8, 4) is 0 Å². The van der Waals surface area contributed by atoms with E-state index < -0.39 is 34.6 Å². The van der Waals surface area contributed by atoms with E-state index in [4.69, 9.17) is 10.5 Å². The van der Waals surface area contributed by atoms with Gasteiger partial charge in [-0.05, 0) is 31.3 Å². The summed E-state index contributed by atoms with van der Waals surface area (Å²) in [5.74, 6) is -2.76. The molecule has 0 bridgehead atoms. The third-order valence-electron chi connectivity index (χ3n) is 3.14. The fourth-order valence-electron chi connectivity index (χ4n) is 2.04. The monoisotopic (exact) mass is 381 g/mol. The molecule has 0 fully saturated rings. The minimum atomic E-state index is -0.801. The van der Waals surface area contributed by atoms with Gasteiger partial charge in [-0.25, -0.2) is 4.79 Å². The number of nitro groups is 1. The van der Waals surface area contributed by atoms with Crippen molar-refractivity contribution in [3.63, 3.8) is 0 Å². The number of aromatic amines is 1. The Bertz CT molecular complexity index is 900. The van der Waals surface area contributed by atoms with E-state index in [0.29, 0.717) is 0 Å². The van der Waals surface area contributed by atoms with Crippen LogP contribution in [0, 0.1) is 17.0 Å². The summed E-state index contributed by atoms with van der Waals surface area (Å²) >= 11 is 0.807. The number of nitrogens with one attached hydrogen (secondary N) is 2. The van der Waals surface area contributed by atoms with Crippen LogP contribution in [-0.4, -0.2) is 39.0 Å². The zero-order valence-electron chi connectivity index (χ0n) is 14.0. The lowest BCUT2D eigenvalue weighted by Crippen LogP contribution is -2.17. The minimum absolute atomic E-state index is 0.00381. The van der Waals surface area contributed by atoms with Crippen LogP contribution in [-0.2, 0) is 4.74 Å². The normalized spacial score (nSPS) is 10.6. The number of nitrogens with zero attached hydrogens (tertiary/aromatic N) is 2. The van der Waals surface area contributed by atoms with Crippen molar-refractivity contribution in [2.24, 2.45) is 5.73 Å². The van der Waals surface area contributed by atoms with Gasteiger partial charge >= 0.3 is 11.8 Å². The van der Waals surface area contributed by atoms with Crippen molar-refractivity contribution in [3.05, 3.63) is 37.9 Å². The number of thiophene rings is 1. The lowest BCUT2D eigenvalue weighted by atomic mass is 10.1. The number of H-pyrrole nitrogens is 1. The molecule has 0 spiro atoms. The van der Waals surface area contributed by atoms with E-state index in [9.17, 15) is 24.5 Å². The van der Waals surface area contributed by atoms with Gasteiger partial charge in [-0.15, -0.1) is 16.4 Å². The Morgan fingerprint density at radius 3 is 2.58 bits per heavy atom. The van der Waals surface area contributed by atoms with E-state index >= 15 is 0 Å². The quantitative estimate of drug-likeness (QED) is 0.387. The van der Waals surface area contributed by atoms with Crippen LogP contribution in [0.1, 0.15) is 49.9 Å². The average Bonchev–Trinajstić information content (AvgIpc) is 3.11. The van der Waals surface area contributed by atoms with Gasteiger partial charge in [0.1, 0.15) is 5.00 Å². The molecule has 0 unspecified atom stereocenters. The number of rotatable bonds is 6. The smallest absolute Gasteiger partial charge is 0.343 e. The molecular weight excluding hydrogens is 366 g/mol. The standard InChI is InChI=1S/C14H15N5O6S/c1-5(2)25-14(22)9-6(3)10(11(15)20)26-13(9)16-12(21)7-4-8(18-17-7)19(23)24/h4-5H,1-3H3,(H2,15,20)(H,16,21)(H,17,18). The number of amides is 2. The molecule has 0 saturated heterocycles. The van der Waals surface area contributed by atoms with Crippen molar-refractivity contribution in [1.82, 2.24) is 10.2 Å². The fraction of sp³-hybridized carbons (Fsp3) is 0.286. The first-order valence-electron chi connectivity index (χ1n) is 7.27. The van der Waals surface area contributed by atoms with Crippen LogP contribution in [0.2, 0.25) is 0 Å². The van der Waals surface area contributed by atoms with Crippen LogP contribution >= 0.6 is 11.3 Å². The summed E-state index contributed by atoms with van der Waals surface area (Å²) in [6.07, 6.45) is -0.420. The Balaban J connectivity index is 2.39. The van der Waals surface area contributed by atoms with E-state index in [1.807, 2.05) is 0 Å². The first-order chi connectivity index (χ1) is 12.1. The molecule has 2 aromatic rings. The molecule has 0 aliphatic heterocycles. The van der Waals surface area contributed by atoms with Gasteiger partial charge in [0.2, 0.25) is 0 Å². The van der Waals surface area contributed by atoms with Gasteiger partial charge in [-0.1, -0.05) is 5.10 Å². The summed E-state index contributed by atoms with van der Waals surface area (Å²) in [6, 6.07) is 0.941. The topological polar surface area (TPSA) is 170 Å². The maximum Gasteiger partial charge on any atom is 0.343 e. The van der Waals surface area contributed by atoms with Crippen LogP contribution in [0.15, 0.2) is 6.07 Å². The number of ether oxygens (including phenoxy) is 1. The molecule has 0 aliphatic carbocycles. The molecule has 2 aromatic heterocycles. The van der Waals surface area contributed by atoms with Crippen LogP contribution in [0.4, 0.5) is 10.8 Å². The van der Waals surface area contributed by atoms with E-state index in [2.05, 4.69) is 15.5 Å². The number of esters is 1. The molecule has 0 radical (unpaired) electrons. The van der Waals surface area contributed by atoms with Crippen molar-refractivity contribution in [2.45, 2.75) is 26.9 Å². The second kappa shape index (κ2) is 7.31. The number of primary amides is 1. The number of nitrogens with two attached hydrogens (primary N) is 1. The summed E-state index contributed by atoms with van der Waals surface area (Å²) in [4.78, 5) is 46.1. The van der Waals surface area contributed by atoms with Crippen molar-refractivity contribution in [2.75, 3.05) is 5.32 Å². The SMILES string of the molecule is Cc1c(C(N)=O)sc(NC(=O)c2cc([N+](=O)[O-])[nH]n2)c1C(=O)OC(C)C. The number of aromatic nitrogens is 2. The van der Waals surface area contributed by atoms with E-state index in [1.165, 1.54) is 6.92 Å². The number of hydrogen-bond acceptors (Lipinski definition) is 8. The zero-order valence-corrected chi connectivity index (χ0v) is 14.8. The molecule has 2 amide bonds. The summed E-state index contributed by atoms with van der Waals surface area (Å²) in [6.45, 7) is 4.80. The predicted octanol–water partition coefficient (Wildman–Crippen LogP) is 1.60. The van der Waals surface area contributed by atoms with Crippen LogP contribution in [0.3, 0.4) is 0 Å². The van der Waals surface area contributed by atoms with Gasteiger partial charge in [-0.2, -0.15) is 0 Å². The molecule has 11 nitrogen and oxygen atoms in total. The van der Waals surface area contributed by atoms with Crippen LogP contribution < -0.4 is 11.1 Å². The van der Waals surface area contributed by atoms with Gasteiger partial charge in [0, 0.05) is 0 Å². The molecule has 0 atom stereocenters. The molecule has 12 heteroatoms.